The van der Waals surface area contributed by atoms with Crippen LogP contribution in [0.5, 0.6) is 0 Å². The van der Waals surface area contributed by atoms with Crippen molar-refractivity contribution in [3.8, 4) is 0 Å². The fourth-order valence-electron chi connectivity index (χ4n) is 1.23. The second-order valence-corrected chi connectivity index (χ2v) is 9.62. The van der Waals surface area contributed by atoms with E-state index in [9.17, 15) is 0 Å². The molecule has 1 atom stereocenters. The summed E-state index contributed by atoms with van der Waals surface area (Å²) < 4.78 is 5.75. The Balaban J connectivity index is 3.11. The van der Waals surface area contributed by atoms with E-state index < -0.39 is 14.5 Å². The summed E-state index contributed by atoms with van der Waals surface area (Å²) in [5.41, 5.74) is 0.572. The maximum Gasteiger partial charge on any atom is 0.348 e. The van der Waals surface area contributed by atoms with E-state index in [1.807, 2.05) is 19.6 Å². The summed E-state index contributed by atoms with van der Waals surface area (Å²) in [6.07, 6.45) is -0.701. The van der Waals surface area contributed by atoms with Crippen molar-refractivity contribution in [2.75, 3.05) is 0 Å². The zero-order valence-corrected chi connectivity index (χ0v) is 11.9. The lowest BCUT2D eigenvalue weighted by Crippen LogP contribution is -2.27. The Kier molecular flexibility index (Phi) is 4.40. The fraction of sp³-hybridized carbons (Fsp3) is 0.364. The van der Waals surface area contributed by atoms with E-state index >= 15 is 0 Å². The van der Waals surface area contributed by atoms with Crippen LogP contribution in [0.4, 0.5) is 0 Å². The third-order valence-electron chi connectivity index (χ3n) is 1.83. The smallest absolute Gasteiger partial charge is 0.348 e. The Morgan fingerprint density at radius 2 is 1.75 bits per heavy atom. The van der Waals surface area contributed by atoms with Gasteiger partial charge in [0.25, 0.3) is 0 Å². The van der Waals surface area contributed by atoms with Crippen LogP contribution in [0.15, 0.2) is 18.2 Å². The molecule has 0 heterocycles. The van der Waals surface area contributed by atoms with Gasteiger partial charge in [-0.2, -0.15) is 0 Å². The molecule has 0 aliphatic rings. The molecule has 0 radical (unpaired) electrons. The molecule has 0 saturated heterocycles. The van der Waals surface area contributed by atoms with Crippen molar-refractivity contribution in [3.05, 3.63) is 45.2 Å². The number of rotatable bonds is 3. The first-order valence-corrected chi connectivity index (χ1v) is 9.00. The van der Waals surface area contributed by atoms with Gasteiger partial charge in [0.05, 0.1) is 15.6 Å². The van der Waals surface area contributed by atoms with Gasteiger partial charge in [0.2, 0.25) is 0 Å². The topological polar surface area (TPSA) is 13.6 Å². The Morgan fingerprint density at radius 1 is 1.25 bits per heavy atom. The molecule has 0 saturated carbocycles. The maximum absolute atomic E-state index is 7.18. The van der Waals surface area contributed by atoms with E-state index in [1.165, 1.54) is 0 Å². The van der Waals surface area contributed by atoms with Gasteiger partial charge in [-0.05, 0) is 31.8 Å². The molecular weight excluding hydrogens is 261 g/mol. The molecule has 1 aromatic carbocycles. The molecule has 1 aromatic rings. The van der Waals surface area contributed by atoms with Crippen LogP contribution in [0.2, 0.25) is 29.7 Å². The van der Waals surface area contributed by atoms with Gasteiger partial charge in [0.1, 0.15) is 0 Å². The third-order valence-corrected chi connectivity index (χ3v) is 3.42. The Labute approximate surface area is 107 Å². The van der Waals surface area contributed by atoms with Gasteiger partial charge in [0, 0.05) is 0 Å². The molecule has 86 valence electrons. The normalized spacial score (nSPS) is 13.2. The van der Waals surface area contributed by atoms with Gasteiger partial charge in [-0.1, -0.05) is 29.3 Å². The summed E-state index contributed by atoms with van der Waals surface area (Å²) in [4.78, 5) is 3.46. The van der Waals surface area contributed by atoms with Crippen LogP contribution in [0.25, 0.3) is 4.85 Å². The summed E-state index contributed by atoms with van der Waals surface area (Å²) in [6.45, 7) is 13.2. The second kappa shape index (κ2) is 5.20. The van der Waals surface area contributed by atoms with Crippen molar-refractivity contribution in [3.63, 3.8) is 0 Å². The van der Waals surface area contributed by atoms with Crippen molar-refractivity contribution in [2.24, 2.45) is 0 Å². The molecule has 5 heteroatoms. The number of halogens is 2. The number of hydrogen-bond acceptors (Lipinski definition) is 1. The van der Waals surface area contributed by atoms with E-state index in [4.69, 9.17) is 34.2 Å². The lowest BCUT2D eigenvalue weighted by atomic mass is 10.2. The van der Waals surface area contributed by atoms with Crippen LogP contribution < -0.4 is 0 Å². The van der Waals surface area contributed by atoms with Crippen LogP contribution in [0.3, 0.4) is 0 Å². The second-order valence-electron chi connectivity index (χ2n) is 4.35. The van der Waals surface area contributed by atoms with Crippen molar-refractivity contribution >= 4 is 31.5 Å². The molecule has 0 aliphatic heterocycles. The van der Waals surface area contributed by atoms with E-state index in [0.717, 1.165) is 0 Å². The molecule has 0 spiro atoms. The molecule has 0 bridgehead atoms. The molecule has 0 aromatic heterocycles. The minimum absolute atomic E-state index is 0.478. The predicted octanol–water partition coefficient (Wildman–Crippen LogP) is 4.76. The van der Waals surface area contributed by atoms with Crippen LogP contribution in [0, 0.1) is 6.57 Å². The van der Waals surface area contributed by atoms with Gasteiger partial charge in [0.15, 0.2) is 8.32 Å². The van der Waals surface area contributed by atoms with Gasteiger partial charge in [-0.3, -0.25) is 4.85 Å². The lowest BCUT2D eigenvalue weighted by molar-refractivity contribution is 0.246. The Morgan fingerprint density at radius 3 is 2.12 bits per heavy atom. The van der Waals surface area contributed by atoms with E-state index in [1.54, 1.807) is 18.2 Å². The first kappa shape index (κ1) is 13.5. The highest BCUT2D eigenvalue weighted by Gasteiger charge is 2.29. The Hall–Kier alpha value is -0.533. The standard InChI is InChI=1S/C11H13Cl2NOSi/c1-14-11(15-16(2,3)4)10-8(12)6-5-7-9(10)13/h5-7,11H,2-4H3. The number of nitrogens with zero attached hydrogens (tertiary/aromatic N) is 1. The lowest BCUT2D eigenvalue weighted by Gasteiger charge is -2.19. The van der Waals surface area contributed by atoms with Crippen LogP contribution in [-0.2, 0) is 4.43 Å². The average molecular weight is 274 g/mol. The summed E-state index contributed by atoms with van der Waals surface area (Å²) in [5, 5.41) is 0.957. The minimum Gasteiger partial charge on any atom is -0.349 e. The SMILES string of the molecule is [C-]#[N+]C(O[Si](C)(C)C)c1c(Cl)cccc1Cl. The summed E-state index contributed by atoms with van der Waals surface area (Å²) in [7, 11) is -1.80. The first-order valence-electron chi connectivity index (χ1n) is 4.83. The van der Waals surface area contributed by atoms with Gasteiger partial charge in [-0.15, -0.1) is 0 Å². The van der Waals surface area contributed by atoms with Crippen LogP contribution in [-0.4, -0.2) is 8.32 Å². The zero-order chi connectivity index (χ0) is 12.3. The third kappa shape index (κ3) is 3.50. The van der Waals surface area contributed by atoms with Gasteiger partial charge in [-0.25, -0.2) is 6.57 Å². The van der Waals surface area contributed by atoms with Crippen molar-refractivity contribution in [2.45, 2.75) is 25.9 Å². The molecule has 0 amide bonds. The molecule has 1 unspecified atom stereocenters. The summed E-state index contributed by atoms with van der Waals surface area (Å²) in [6, 6.07) is 5.19. The van der Waals surface area contributed by atoms with Crippen molar-refractivity contribution < 1.29 is 4.43 Å². The maximum atomic E-state index is 7.18. The molecule has 0 fully saturated rings. The highest BCUT2D eigenvalue weighted by Crippen LogP contribution is 2.34. The number of hydrogen-bond donors (Lipinski definition) is 0. The molecule has 1 rings (SSSR count). The van der Waals surface area contributed by atoms with Crippen molar-refractivity contribution in [1.29, 1.82) is 0 Å². The number of benzene rings is 1. The highest BCUT2D eigenvalue weighted by molar-refractivity contribution is 6.69. The minimum atomic E-state index is -1.80. The monoisotopic (exact) mass is 273 g/mol. The summed E-state index contributed by atoms with van der Waals surface area (Å²) in [5.74, 6) is 0. The van der Waals surface area contributed by atoms with Gasteiger partial charge >= 0.3 is 6.23 Å². The van der Waals surface area contributed by atoms with E-state index in [2.05, 4.69) is 4.85 Å². The Bertz CT molecular complexity index is 403. The van der Waals surface area contributed by atoms with E-state index in [-0.39, 0.29) is 0 Å². The molecule has 0 N–H and O–H groups in total. The van der Waals surface area contributed by atoms with E-state index in [0.29, 0.717) is 15.6 Å². The largest absolute Gasteiger partial charge is 0.349 e. The molecule has 16 heavy (non-hydrogen) atoms. The molecular formula is C11H13Cl2NOSi. The molecule has 2 nitrogen and oxygen atoms in total. The fourth-order valence-corrected chi connectivity index (χ4v) is 2.66. The average Bonchev–Trinajstić information content (AvgIpc) is 2.14. The zero-order valence-electron chi connectivity index (χ0n) is 9.42. The predicted molar refractivity (Wildman–Crippen MR) is 70.2 cm³/mol. The van der Waals surface area contributed by atoms with Crippen LogP contribution in [0.1, 0.15) is 11.8 Å². The van der Waals surface area contributed by atoms with Gasteiger partial charge < -0.3 is 4.43 Å². The highest BCUT2D eigenvalue weighted by atomic mass is 35.5. The van der Waals surface area contributed by atoms with Crippen molar-refractivity contribution in [1.82, 2.24) is 0 Å². The summed E-state index contributed by atoms with van der Waals surface area (Å²) >= 11 is 12.1. The van der Waals surface area contributed by atoms with Crippen LogP contribution >= 0.6 is 23.2 Å². The quantitative estimate of drug-likeness (QED) is 0.572. The molecule has 0 aliphatic carbocycles. The first-order chi connectivity index (χ1) is 7.35.